The topological polar surface area (TPSA) is 59.4 Å². The highest BCUT2D eigenvalue weighted by molar-refractivity contribution is 7.80. The van der Waals surface area contributed by atoms with Crippen molar-refractivity contribution in [1.29, 1.82) is 0 Å². The summed E-state index contributed by atoms with van der Waals surface area (Å²) in [4.78, 5) is 18.6. The predicted molar refractivity (Wildman–Crippen MR) is 133 cm³/mol. The van der Waals surface area contributed by atoms with Crippen molar-refractivity contribution >= 4 is 23.3 Å². The second kappa shape index (κ2) is 9.75. The van der Waals surface area contributed by atoms with E-state index >= 15 is 0 Å². The summed E-state index contributed by atoms with van der Waals surface area (Å²) in [5.41, 5.74) is 6.84. The molecule has 1 N–H and O–H groups in total. The number of thiocarbonyl (C=S) groups is 1. The summed E-state index contributed by atoms with van der Waals surface area (Å²) in [6.07, 6.45) is 3.08. The number of carbonyl (C=O) groups excluding carboxylic acids is 1. The molecule has 0 aliphatic carbocycles. The van der Waals surface area contributed by atoms with E-state index < -0.39 is 0 Å². The van der Waals surface area contributed by atoms with E-state index in [1.165, 1.54) is 18.2 Å². The van der Waals surface area contributed by atoms with E-state index in [0.29, 0.717) is 11.7 Å². The maximum Gasteiger partial charge on any atom is 0.307 e. The Labute approximate surface area is 200 Å². The van der Waals surface area contributed by atoms with Gasteiger partial charge < -0.3 is 19.5 Å². The highest BCUT2D eigenvalue weighted by Gasteiger charge is 2.41. The van der Waals surface area contributed by atoms with Crippen molar-refractivity contribution in [3.63, 3.8) is 0 Å². The molecule has 172 valence electrons. The van der Waals surface area contributed by atoms with Crippen LogP contribution in [0.2, 0.25) is 0 Å². The molecule has 2 aromatic heterocycles. The highest BCUT2D eigenvalue weighted by Crippen LogP contribution is 2.41. The number of nitrogens with one attached hydrogen (secondary N) is 1. The van der Waals surface area contributed by atoms with Crippen LogP contribution in [0.25, 0.3) is 5.69 Å². The van der Waals surface area contributed by atoms with Crippen molar-refractivity contribution in [2.45, 2.75) is 45.7 Å². The first-order valence-electron chi connectivity index (χ1n) is 11.3. The van der Waals surface area contributed by atoms with Crippen molar-refractivity contribution in [3.05, 3.63) is 82.9 Å². The smallest absolute Gasteiger partial charge is 0.307 e. The molecule has 3 heterocycles. The summed E-state index contributed by atoms with van der Waals surface area (Å²) in [6.45, 7) is 6.90. The van der Waals surface area contributed by atoms with Crippen molar-refractivity contribution in [2.24, 2.45) is 0 Å². The molecule has 0 bridgehead atoms. The third-order valence-corrected chi connectivity index (χ3v) is 6.73. The van der Waals surface area contributed by atoms with E-state index in [9.17, 15) is 4.79 Å². The number of ether oxygens (including phenoxy) is 1. The fourth-order valence-electron chi connectivity index (χ4n) is 4.66. The van der Waals surface area contributed by atoms with Gasteiger partial charge in [-0.3, -0.25) is 9.78 Å². The number of aromatic nitrogens is 2. The van der Waals surface area contributed by atoms with Crippen LogP contribution < -0.4 is 5.32 Å². The summed E-state index contributed by atoms with van der Waals surface area (Å²) >= 11 is 5.71. The Bertz CT molecular complexity index is 1140. The number of pyridine rings is 1. The van der Waals surface area contributed by atoms with E-state index in [1.807, 2.05) is 18.2 Å². The number of rotatable bonds is 7. The minimum Gasteiger partial charge on any atom is -0.469 e. The Balaban J connectivity index is 1.77. The molecular weight excluding hydrogens is 432 g/mol. The first-order chi connectivity index (χ1) is 15.9. The molecule has 1 aromatic carbocycles. The van der Waals surface area contributed by atoms with Crippen LogP contribution in [0, 0.1) is 13.8 Å². The van der Waals surface area contributed by atoms with Crippen LogP contribution in [0.4, 0.5) is 0 Å². The van der Waals surface area contributed by atoms with Crippen molar-refractivity contribution in [3.8, 4) is 5.69 Å². The SMILES string of the molecule is CCc1ccc(-n2c(C)cc(C3C(c4ccccn4)NC(=S)N3CCC(=O)OC)c2C)cc1. The molecule has 7 heteroatoms. The monoisotopic (exact) mass is 462 g/mol. The lowest BCUT2D eigenvalue weighted by atomic mass is 9.96. The van der Waals surface area contributed by atoms with Crippen LogP contribution in [0.15, 0.2) is 54.7 Å². The van der Waals surface area contributed by atoms with Gasteiger partial charge in [-0.1, -0.05) is 25.1 Å². The van der Waals surface area contributed by atoms with Gasteiger partial charge in [0.25, 0.3) is 0 Å². The van der Waals surface area contributed by atoms with E-state index in [0.717, 1.165) is 29.2 Å². The molecule has 0 saturated carbocycles. The van der Waals surface area contributed by atoms with E-state index in [-0.39, 0.29) is 24.5 Å². The summed E-state index contributed by atoms with van der Waals surface area (Å²) in [5.74, 6) is -0.251. The zero-order valence-electron chi connectivity index (χ0n) is 19.5. The molecule has 4 rings (SSSR count). The Kier molecular flexibility index (Phi) is 6.79. The minimum atomic E-state index is -0.251. The Morgan fingerprint density at radius 2 is 1.94 bits per heavy atom. The first-order valence-corrected chi connectivity index (χ1v) is 11.7. The lowest BCUT2D eigenvalue weighted by Crippen LogP contribution is -2.32. The Morgan fingerprint density at radius 1 is 1.18 bits per heavy atom. The number of benzene rings is 1. The predicted octanol–water partition coefficient (Wildman–Crippen LogP) is 4.59. The second-order valence-corrected chi connectivity index (χ2v) is 8.71. The molecule has 1 fully saturated rings. The Morgan fingerprint density at radius 3 is 2.58 bits per heavy atom. The van der Waals surface area contributed by atoms with Gasteiger partial charge in [-0.2, -0.15) is 0 Å². The average molecular weight is 463 g/mol. The van der Waals surface area contributed by atoms with E-state index in [4.69, 9.17) is 17.0 Å². The van der Waals surface area contributed by atoms with Gasteiger partial charge in [0.1, 0.15) is 0 Å². The fourth-order valence-corrected chi connectivity index (χ4v) is 5.00. The van der Waals surface area contributed by atoms with Crippen molar-refractivity contribution in [1.82, 2.24) is 19.8 Å². The van der Waals surface area contributed by atoms with Gasteiger partial charge >= 0.3 is 5.97 Å². The maximum absolute atomic E-state index is 11.9. The van der Waals surface area contributed by atoms with E-state index in [2.05, 4.69) is 70.9 Å². The molecule has 1 aliphatic rings. The summed E-state index contributed by atoms with van der Waals surface area (Å²) in [7, 11) is 1.41. The van der Waals surface area contributed by atoms with Gasteiger partial charge in [0.05, 0.1) is 31.3 Å². The van der Waals surface area contributed by atoms with Gasteiger partial charge in [0, 0.05) is 29.8 Å². The third-order valence-electron chi connectivity index (χ3n) is 6.37. The number of hydrogen-bond acceptors (Lipinski definition) is 4. The lowest BCUT2D eigenvalue weighted by Gasteiger charge is -2.28. The normalized spacial score (nSPS) is 17.8. The number of carbonyl (C=O) groups is 1. The molecule has 2 unspecified atom stereocenters. The van der Waals surface area contributed by atoms with Gasteiger partial charge in [-0.25, -0.2) is 0 Å². The van der Waals surface area contributed by atoms with Crippen LogP contribution in [-0.2, 0) is 16.0 Å². The van der Waals surface area contributed by atoms with Crippen molar-refractivity contribution in [2.75, 3.05) is 13.7 Å². The number of nitrogens with zero attached hydrogens (tertiary/aromatic N) is 3. The summed E-state index contributed by atoms with van der Waals surface area (Å²) in [5, 5.41) is 4.08. The molecule has 1 aliphatic heterocycles. The van der Waals surface area contributed by atoms with Gasteiger partial charge in [0.15, 0.2) is 5.11 Å². The molecule has 33 heavy (non-hydrogen) atoms. The molecule has 6 nitrogen and oxygen atoms in total. The van der Waals surface area contributed by atoms with Crippen LogP contribution in [0.1, 0.15) is 53.6 Å². The second-order valence-electron chi connectivity index (χ2n) is 8.33. The fraction of sp³-hybridized carbons (Fsp3) is 0.346. The van der Waals surface area contributed by atoms with Crippen LogP contribution in [0.5, 0.6) is 0 Å². The first kappa shape index (κ1) is 23.0. The highest BCUT2D eigenvalue weighted by atomic mass is 32.1. The molecule has 0 spiro atoms. The molecule has 0 amide bonds. The average Bonchev–Trinajstić information content (AvgIpc) is 3.32. The number of esters is 1. The van der Waals surface area contributed by atoms with Crippen LogP contribution >= 0.6 is 12.2 Å². The molecule has 3 aromatic rings. The quantitative estimate of drug-likeness (QED) is 0.410. The van der Waals surface area contributed by atoms with Crippen LogP contribution in [0.3, 0.4) is 0 Å². The summed E-state index contributed by atoms with van der Waals surface area (Å²) < 4.78 is 7.16. The Hall–Kier alpha value is -3.19. The number of aryl methyl sites for hydroxylation is 2. The van der Waals surface area contributed by atoms with Crippen molar-refractivity contribution < 1.29 is 9.53 Å². The maximum atomic E-state index is 11.9. The minimum absolute atomic E-state index is 0.0908. The van der Waals surface area contributed by atoms with Gasteiger partial charge in [-0.05, 0) is 73.9 Å². The summed E-state index contributed by atoms with van der Waals surface area (Å²) in [6, 6.07) is 16.6. The molecule has 0 radical (unpaired) electrons. The lowest BCUT2D eigenvalue weighted by molar-refractivity contribution is -0.140. The molecule has 1 saturated heterocycles. The molecular formula is C26H30N4O2S. The van der Waals surface area contributed by atoms with Gasteiger partial charge in [0.2, 0.25) is 0 Å². The zero-order chi connectivity index (χ0) is 23.5. The largest absolute Gasteiger partial charge is 0.469 e. The third kappa shape index (κ3) is 4.50. The standard InChI is InChI=1S/C26H30N4O2S/c1-5-19-9-11-20(12-10-19)30-17(2)16-21(18(30)3)25-24(22-8-6-7-14-27-22)28-26(33)29(25)15-13-23(31)32-4/h6-12,14,16,24-25H,5,13,15H2,1-4H3,(H,28,33). The molecule has 2 atom stereocenters. The number of methoxy groups -OCH3 is 1. The van der Waals surface area contributed by atoms with Crippen LogP contribution in [-0.4, -0.2) is 39.2 Å². The number of hydrogen-bond donors (Lipinski definition) is 1. The van der Waals surface area contributed by atoms with Gasteiger partial charge in [-0.15, -0.1) is 0 Å². The van der Waals surface area contributed by atoms with E-state index in [1.54, 1.807) is 6.20 Å². The zero-order valence-corrected chi connectivity index (χ0v) is 20.4.